The van der Waals surface area contributed by atoms with Crippen LogP contribution in [-0.2, 0) is 18.7 Å². The van der Waals surface area contributed by atoms with Crippen LogP contribution < -0.4 is 0 Å². The van der Waals surface area contributed by atoms with Crippen molar-refractivity contribution in [2.24, 2.45) is 0 Å². The maximum absolute atomic E-state index is 5.32. The van der Waals surface area contributed by atoms with Crippen molar-refractivity contribution in [3.63, 3.8) is 0 Å². The number of benzene rings is 1. The van der Waals surface area contributed by atoms with E-state index in [1.54, 1.807) is 11.8 Å². The molecule has 2 heterocycles. The van der Waals surface area contributed by atoms with Gasteiger partial charge in [0.2, 0.25) is 5.89 Å². The molecule has 1 aromatic carbocycles. The van der Waals surface area contributed by atoms with Crippen LogP contribution in [0.2, 0.25) is 0 Å². The van der Waals surface area contributed by atoms with Gasteiger partial charge in [-0.2, -0.15) is 4.98 Å². The molecule has 0 aliphatic carbocycles. The lowest BCUT2D eigenvalue weighted by atomic mass is 10.1. The largest absolute Gasteiger partial charge is 0.338 e. The second-order valence-corrected chi connectivity index (χ2v) is 6.86. The first-order valence-electron chi connectivity index (χ1n) is 8.65. The van der Waals surface area contributed by atoms with Crippen LogP contribution in [0.5, 0.6) is 0 Å². The number of nitrogens with zero attached hydrogens (tertiary/aromatic N) is 5. The number of aryl methyl sites for hydroxylation is 2. The summed E-state index contributed by atoms with van der Waals surface area (Å²) in [6.45, 7) is 7.14. The van der Waals surface area contributed by atoms with E-state index in [0.717, 1.165) is 48.2 Å². The zero-order valence-electron chi connectivity index (χ0n) is 14.9. The highest BCUT2D eigenvalue weighted by molar-refractivity contribution is 7.98. The fourth-order valence-corrected chi connectivity index (χ4v) is 3.43. The van der Waals surface area contributed by atoms with E-state index in [-0.39, 0.29) is 0 Å². The van der Waals surface area contributed by atoms with Crippen LogP contribution in [-0.4, -0.2) is 24.9 Å². The van der Waals surface area contributed by atoms with Crippen LogP contribution in [0.4, 0.5) is 0 Å². The molecule has 0 amide bonds. The Hall–Kier alpha value is -2.15. The van der Waals surface area contributed by atoms with Crippen molar-refractivity contribution < 1.29 is 4.52 Å². The molecule has 0 spiro atoms. The minimum absolute atomic E-state index is 0.602. The number of thioether (sulfide) groups is 1. The predicted molar refractivity (Wildman–Crippen MR) is 98.3 cm³/mol. The predicted octanol–water partition coefficient (Wildman–Crippen LogP) is 4.29. The van der Waals surface area contributed by atoms with Gasteiger partial charge in [-0.3, -0.25) is 0 Å². The third-order valence-corrected chi connectivity index (χ3v) is 4.85. The molecule has 0 saturated heterocycles. The number of rotatable bonds is 8. The van der Waals surface area contributed by atoms with Crippen LogP contribution in [0.15, 0.2) is 33.9 Å². The minimum Gasteiger partial charge on any atom is -0.338 e. The Kier molecular flexibility index (Phi) is 5.86. The summed E-state index contributed by atoms with van der Waals surface area (Å²) in [5.41, 5.74) is 2.30. The number of hydrogen-bond acceptors (Lipinski definition) is 6. The number of unbranched alkanes of at least 4 members (excludes halogenated alkanes) is 1. The first-order chi connectivity index (χ1) is 12.2. The van der Waals surface area contributed by atoms with Gasteiger partial charge in [0.1, 0.15) is 0 Å². The normalized spacial score (nSPS) is 11.2. The Bertz CT molecular complexity index is 826. The molecule has 0 unspecified atom stereocenters. The Labute approximate surface area is 152 Å². The average Bonchev–Trinajstić information content (AvgIpc) is 3.24. The van der Waals surface area contributed by atoms with Crippen LogP contribution in [0.3, 0.4) is 0 Å². The van der Waals surface area contributed by atoms with Gasteiger partial charge in [0.05, 0.1) is 5.75 Å². The molecule has 7 heteroatoms. The smallest absolute Gasteiger partial charge is 0.237 e. The van der Waals surface area contributed by atoms with E-state index in [2.05, 4.69) is 63.9 Å². The lowest BCUT2D eigenvalue weighted by molar-refractivity contribution is 0.384. The van der Waals surface area contributed by atoms with Crippen molar-refractivity contribution >= 4 is 11.8 Å². The molecular formula is C18H23N5OS. The number of aromatic nitrogens is 5. The Morgan fingerprint density at radius 1 is 1.20 bits per heavy atom. The Morgan fingerprint density at radius 3 is 2.84 bits per heavy atom. The molecule has 0 aliphatic rings. The maximum Gasteiger partial charge on any atom is 0.237 e. The molecule has 6 nitrogen and oxygen atoms in total. The molecule has 0 aliphatic heterocycles. The lowest BCUT2D eigenvalue weighted by Gasteiger charge is -2.07. The van der Waals surface area contributed by atoms with Crippen molar-refractivity contribution in [3.05, 3.63) is 41.5 Å². The highest BCUT2D eigenvalue weighted by atomic mass is 32.2. The van der Waals surface area contributed by atoms with Gasteiger partial charge in [-0.1, -0.05) is 54.0 Å². The topological polar surface area (TPSA) is 69.6 Å². The summed E-state index contributed by atoms with van der Waals surface area (Å²) >= 11 is 1.57. The van der Waals surface area contributed by atoms with E-state index < -0.39 is 0 Å². The van der Waals surface area contributed by atoms with E-state index in [9.17, 15) is 0 Å². The first-order valence-corrected chi connectivity index (χ1v) is 9.64. The minimum atomic E-state index is 0.602. The molecule has 2 aromatic heterocycles. The molecule has 3 rings (SSSR count). The second-order valence-electron chi connectivity index (χ2n) is 5.92. The summed E-state index contributed by atoms with van der Waals surface area (Å²) in [4.78, 5) is 4.44. The molecule has 0 bridgehead atoms. The van der Waals surface area contributed by atoms with Gasteiger partial charge in [-0.05, 0) is 26.3 Å². The number of hydrogen-bond donors (Lipinski definition) is 0. The van der Waals surface area contributed by atoms with E-state index in [1.807, 2.05) is 6.07 Å². The lowest BCUT2D eigenvalue weighted by Crippen LogP contribution is -2.00. The highest BCUT2D eigenvalue weighted by Crippen LogP contribution is 2.26. The third kappa shape index (κ3) is 4.28. The zero-order chi connectivity index (χ0) is 17.6. The van der Waals surface area contributed by atoms with Crippen molar-refractivity contribution in [3.8, 4) is 11.4 Å². The summed E-state index contributed by atoms with van der Waals surface area (Å²) in [6.07, 6.45) is 3.07. The Balaban J connectivity index is 1.72. The van der Waals surface area contributed by atoms with Crippen LogP contribution in [0, 0.1) is 6.92 Å². The summed E-state index contributed by atoms with van der Waals surface area (Å²) in [5, 5.41) is 13.6. The summed E-state index contributed by atoms with van der Waals surface area (Å²) in [7, 11) is 0. The molecule has 0 N–H and O–H groups in total. The Morgan fingerprint density at radius 2 is 2.08 bits per heavy atom. The molecule has 25 heavy (non-hydrogen) atoms. The molecule has 0 atom stereocenters. The van der Waals surface area contributed by atoms with Crippen LogP contribution in [0.25, 0.3) is 11.4 Å². The fraction of sp³-hybridized carbons (Fsp3) is 0.444. The molecule has 0 fully saturated rings. The van der Waals surface area contributed by atoms with Crippen LogP contribution >= 0.6 is 11.8 Å². The van der Waals surface area contributed by atoms with Gasteiger partial charge in [-0.15, -0.1) is 10.2 Å². The summed E-state index contributed by atoms with van der Waals surface area (Å²) < 4.78 is 7.44. The third-order valence-electron chi connectivity index (χ3n) is 3.90. The monoisotopic (exact) mass is 357 g/mol. The maximum atomic E-state index is 5.32. The molecule has 3 aromatic rings. The van der Waals surface area contributed by atoms with E-state index in [1.165, 1.54) is 5.56 Å². The van der Waals surface area contributed by atoms with Gasteiger partial charge >= 0.3 is 0 Å². The SMILES string of the molecule is CCCCc1noc(CSc2nnc(-c3cccc(C)c3)n2CC)n1. The van der Waals surface area contributed by atoms with E-state index >= 15 is 0 Å². The van der Waals surface area contributed by atoms with E-state index in [0.29, 0.717) is 11.6 Å². The second kappa shape index (κ2) is 8.29. The quantitative estimate of drug-likeness (QED) is 0.560. The molecule has 132 valence electrons. The summed E-state index contributed by atoms with van der Waals surface area (Å²) in [6, 6.07) is 8.32. The van der Waals surface area contributed by atoms with Crippen molar-refractivity contribution in [2.75, 3.05) is 0 Å². The average molecular weight is 357 g/mol. The van der Waals surface area contributed by atoms with E-state index in [4.69, 9.17) is 4.52 Å². The fourth-order valence-electron chi connectivity index (χ4n) is 2.59. The molecule has 0 saturated carbocycles. The van der Waals surface area contributed by atoms with Crippen LogP contribution in [0.1, 0.15) is 44.0 Å². The standard InChI is InChI=1S/C18H23N5OS/c1-4-6-10-15-19-16(24-22-15)12-25-18-21-20-17(23(18)5-2)14-9-7-8-13(3)11-14/h7-9,11H,4-6,10,12H2,1-3H3. The molecule has 0 radical (unpaired) electrons. The molecular weight excluding hydrogens is 334 g/mol. The first kappa shape index (κ1) is 17.7. The van der Waals surface area contributed by atoms with Crippen molar-refractivity contribution in [2.45, 2.75) is 57.5 Å². The van der Waals surface area contributed by atoms with Crippen molar-refractivity contribution in [1.82, 2.24) is 24.9 Å². The van der Waals surface area contributed by atoms with Gasteiger partial charge in [0.25, 0.3) is 0 Å². The van der Waals surface area contributed by atoms with Gasteiger partial charge in [-0.25, -0.2) is 0 Å². The summed E-state index contributed by atoms with van der Waals surface area (Å²) in [5.74, 6) is 2.92. The van der Waals surface area contributed by atoms with Gasteiger partial charge in [0, 0.05) is 18.5 Å². The van der Waals surface area contributed by atoms with Gasteiger partial charge < -0.3 is 9.09 Å². The van der Waals surface area contributed by atoms with Crippen molar-refractivity contribution in [1.29, 1.82) is 0 Å². The highest BCUT2D eigenvalue weighted by Gasteiger charge is 2.15. The van der Waals surface area contributed by atoms with Gasteiger partial charge in [0.15, 0.2) is 16.8 Å². The zero-order valence-corrected chi connectivity index (χ0v) is 15.7.